The fraction of sp³-hybridized carbons (Fsp3) is 0.538. The van der Waals surface area contributed by atoms with Crippen LogP contribution in [0.2, 0.25) is 10.2 Å². The Hall–Kier alpha value is -0.880. The highest BCUT2D eigenvalue weighted by Gasteiger charge is 2.40. The van der Waals surface area contributed by atoms with Gasteiger partial charge in [-0.15, -0.1) is 0 Å². The van der Waals surface area contributed by atoms with E-state index >= 15 is 0 Å². The zero-order valence-corrected chi connectivity index (χ0v) is 12.3. The van der Waals surface area contributed by atoms with Crippen molar-refractivity contribution in [1.29, 1.82) is 0 Å². The molecule has 0 unspecified atom stereocenters. The summed E-state index contributed by atoms with van der Waals surface area (Å²) in [4.78, 5) is 18.0. The lowest BCUT2D eigenvalue weighted by Gasteiger charge is -2.37. The van der Waals surface area contributed by atoms with E-state index in [1.165, 1.54) is 6.20 Å². The normalized spacial score (nSPS) is 21.4. The number of halogens is 2. The molecule has 2 aliphatic rings. The van der Waals surface area contributed by atoms with Crippen LogP contribution in [0.15, 0.2) is 12.3 Å². The van der Waals surface area contributed by atoms with Crippen molar-refractivity contribution >= 4 is 29.1 Å². The topological polar surface area (TPSA) is 51.7 Å². The molecule has 3 heterocycles. The number of hydrogen-bond acceptors (Lipinski definition) is 4. The third kappa shape index (κ3) is 2.63. The molecular weight excluding hydrogens is 303 g/mol. The highest BCUT2D eigenvalue weighted by molar-refractivity contribution is 6.41. The molecule has 2 fully saturated rings. The van der Waals surface area contributed by atoms with Crippen molar-refractivity contribution in [3.8, 4) is 0 Å². The van der Waals surface area contributed by atoms with E-state index in [9.17, 15) is 4.79 Å². The van der Waals surface area contributed by atoms with Gasteiger partial charge >= 0.3 is 0 Å². The lowest BCUT2D eigenvalue weighted by Crippen LogP contribution is -2.47. The Morgan fingerprint density at radius 2 is 1.90 bits per heavy atom. The molecule has 5 nitrogen and oxygen atoms in total. The Balaban J connectivity index is 1.68. The van der Waals surface area contributed by atoms with E-state index in [1.807, 2.05) is 0 Å². The molecule has 0 aromatic carbocycles. The third-order valence-corrected chi connectivity index (χ3v) is 4.36. The van der Waals surface area contributed by atoms with Crippen molar-refractivity contribution in [3.05, 3.63) is 28.0 Å². The molecule has 1 aromatic rings. The molecule has 1 spiro atoms. The standard InChI is InChI=1S/C13H14Cl2N2O3/c14-10-7-9(8-16-11(10)15)12(18)17-3-1-13(2-4-17)19-5-6-20-13/h7-8H,1-6H2. The molecule has 1 amide bonds. The van der Waals surface area contributed by atoms with Gasteiger partial charge in [-0.2, -0.15) is 0 Å². The molecule has 108 valence electrons. The van der Waals surface area contributed by atoms with Crippen LogP contribution in [0.25, 0.3) is 0 Å². The van der Waals surface area contributed by atoms with Gasteiger partial charge < -0.3 is 14.4 Å². The number of likely N-dealkylation sites (tertiary alicyclic amines) is 1. The second-order valence-corrected chi connectivity index (χ2v) is 5.66. The van der Waals surface area contributed by atoms with Gasteiger partial charge in [0.2, 0.25) is 0 Å². The summed E-state index contributed by atoms with van der Waals surface area (Å²) in [5, 5.41) is 0.488. The third-order valence-electron chi connectivity index (χ3n) is 3.67. The van der Waals surface area contributed by atoms with Crippen molar-refractivity contribution in [2.75, 3.05) is 26.3 Å². The zero-order valence-electron chi connectivity index (χ0n) is 10.8. The molecule has 0 bridgehead atoms. The molecule has 1 aromatic heterocycles. The number of aromatic nitrogens is 1. The molecule has 0 radical (unpaired) electrons. The maximum absolute atomic E-state index is 12.4. The van der Waals surface area contributed by atoms with Crippen LogP contribution in [0, 0.1) is 0 Å². The van der Waals surface area contributed by atoms with Gasteiger partial charge in [-0.25, -0.2) is 4.98 Å². The second-order valence-electron chi connectivity index (χ2n) is 4.90. The Morgan fingerprint density at radius 3 is 2.50 bits per heavy atom. The van der Waals surface area contributed by atoms with Crippen molar-refractivity contribution in [1.82, 2.24) is 9.88 Å². The first kappa shape index (κ1) is 14.1. The van der Waals surface area contributed by atoms with E-state index < -0.39 is 5.79 Å². The first-order valence-corrected chi connectivity index (χ1v) is 7.23. The molecule has 0 aliphatic carbocycles. The summed E-state index contributed by atoms with van der Waals surface area (Å²) in [6.45, 7) is 2.45. The van der Waals surface area contributed by atoms with Crippen LogP contribution < -0.4 is 0 Å². The Labute approximate surface area is 126 Å². The van der Waals surface area contributed by atoms with Crippen LogP contribution in [-0.4, -0.2) is 47.9 Å². The zero-order chi connectivity index (χ0) is 14.2. The van der Waals surface area contributed by atoms with Crippen molar-refractivity contribution in [3.63, 3.8) is 0 Å². The van der Waals surface area contributed by atoms with Gasteiger partial charge in [0, 0.05) is 32.1 Å². The molecule has 0 N–H and O–H groups in total. The van der Waals surface area contributed by atoms with E-state index in [0.717, 1.165) is 0 Å². The fourth-order valence-electron chi connectivity index (χ4n) is 2.56. The van der Waals surface area contributed by atoms with Gasteiger partial charge in [0.15, 0.2) is 5.79 Å². The number of ether oxygens (including phenoxy) is 2. The molecule has 0 saturated carbocycles. The maximum Gasteiger partial charge on any atom is 0.255 e. The predicted molar refractivity (Wildman–Crippen MR) is 74.0 cm³/mol. The number of amides is 1. The number of nitrogens with zero attached hydrogens (tertiary/aromatic N) is 2. The summed E-state index contributed by atoms with van der Waals surface area (Å²) in [5.74, 6) is -0.573. The maximum atomic E-state index is 12.4. The van der Waals surface area contributed by atoms with Crippen LogP contribution in [0.5, 0.6) is 0 Å². The van der Waals surface area contributed by atoms with Gasteiger partial charge in [-0.1, -0.05) is 23.2 Å². The van der Waals surface area contributed by atoms with E-state index in [0.29, 0.717) is 44.7 Å². The van der Waals surface area contributed by atoms with Gasteiger partial charge in [-0.05, 0) is 6.07 Å². The van der Waals surface area contributed by atoms with E-state index in [1.54, 1.807) is 11.0 Å². The molecule has 2 aliphatic heterocycles. The molecule has 2 saturated heterocycles. The van der Waals surface area contributed by atoms with Crippen LogP contribution in [0.4, 0.5) is 0 Å². The van der Waals surface area contributed by atoms with Gasteiger partial charge in [0.25, 0.3) is 5.91 Å². The van der Waals surface area contributed by atoms with Gasteiger partial charge in [0.05, 0.1) is 23.8 Å². The number of carbonyl (C=O) groups is 1. The van der Waals surface area contributed by atoms with Crippen molar-refractivity contribution in [2.45, 2.75) is 18.6 Å². The van der Waals surface area contributed by atoms with Crippen molar-refractivity contribution in [2.24, 2.45) is 0 Å². The van der Waals surface area contributed by atoms with Crippen LogP contribution in [0.3, 0.4) is 0 Å². The second kappa shape index (κ2) is 5.48. The quantitative estimate of drug-likeness (QED) is 0.746. The molecule has 3 rings (SSSR count). The molecule has 7 heteroatoms. The first-order valence-electron chi connectivity index (χ1n) is 6.48. The lowest BCUT2D eigenvalue weighted by molar-refractivity contribution is -0.181. The number of rotatable bonds is 1. The average Bonchev–Trinajstić information content (AvgIpc) is 2.90. The summed E-state index contributed by atoms with van der Waals surface area (Å²) in [6.07, 6.45) is 2.82. The number of pyridine rings is 1. The van der Waals surface area contributed by atoms with E-state index in [4.69, 9.17) is 32.7 Å². The summed E-state index contributed by atoms with van der Waals surface area (Å²) >= 11 is 11.6. The first-order chi connectivity index (χ1) is 9.60. The lowest BCUT2D eigenvalue weighted by atomic mass is 10.0. The summed E-state index contributed by atoms with van der Waals surface area (Å²) < 4.78 is 11.3. The Bertz CT molecular complexity index is 522. The monoisotopic (exact) mass is 316 g/mol. The van der Waals surface area contributed by atoms with E-state index in [2.05, 4.69) is 4.98 Å². The summed E-state index contributed by atoms with van der Waals surface area (Å²) in [5.41, 5.74) is 0.448. The Kier molecular flexibility index (Phi) is 3.86. The molecule has 0 atom stereocenters. The van der Waals surface area contributed by atoms with Crippen molar-refractivity contribution < 1.29 is 14.3 Å². The Morgan fingerprint density at radius 1 is 1.25 bits per heavy atom. The molecule has 20 heavy (non-hydrogen) atoms. The highest BCUT2D eigenvalue weighted by atomic mass is 35.5. The fourth-order valence-corrected chi connectivity index (χ4v) is 2.83. The largest absolute Gasteiger partial charge is 0.347 e. The van der Waals surface area contributed by atoms with Crippen LogP contribution in [0.1, 0.15) is 23.2 Å². The summed E-state index contributed by atoms with van der Waals surface area (Å²) in [6, 6.07) is 1.55. The number of piperidine rings is 1. The number of carbonyl (C=O) groups excluding carboxylic acids is 1. The SMILES string of the molecule is O=C(c1cnc(Cl)c(Cl)c1)N1CCC2(CC1)OCCO2. The minimum absolute atomic E-state index is 0.0936. The van der Waals surface area contributed by atoms with Gasteiger partial charge in [0.1, 0.15) is 5.15 Å². The highest BCUT2D eigenvalue weighted by Crippen LogP contribution is 2.32. The van der Waals surface area contributed by atoms with Crippen LogP contribution >= 0.6 is 23.2 Å². The van der Waals surface area contributed by atoms with Gasteiger partial charge in [-0.3, -0.25) is 4.79 Å². The number of hydrogen-bond donors (Lipinski definition) is 0. The predicted octanol–water partition coefficient (Wildman–Crippen LogP) is 2.37. The minimum Gasteiger partial charge on any atom is -0.347 e. The molecular formula is C13H14Cl2N2O3. The summed E-state index contributed by atoms with van der Waals surface area (Å²) in [7, 11) is 0. The van der Waals surface area contributed by atoms with Crippen LogP contribution in [-0.2, 0) is 9.47 Å². The minimum atomic E-state index is -0.479. The average molecular weight is 317 g/mol. The smallest absolute Gasteiger partial charge is 0.255 e. The van der Waals surface area contributed by atoms with E-state index in [-0.39, 0.29) is 16.1 Å².